The van der Waals surface area contributed by atoms with Gasteiger partial charge in [-0.1, -0.05) is 18.7 Å². The summed E-state index contributed by atoms with van der Waals surface area (Å²) >= 11 is 1.53. The fraction of sp³-hybridized carbons (Fsp3) is 0.500. The molecule has 0 aliphatic heterocycles. The van der Waals surface area contributed by atoms with Crippen LogP contribution < -0.4 is 4.74 Å². The molecule has 88 valence electrons. The van der Waals surface area contributed by atoms with Gasteiger partial charge < -0.3 is 9.47 Å². The van der Waals surface area contributed by atoms with Crippen LogP contribution in [0.15, 0.2) is 11.2 Å². The van der Waals surface area contributed by atoms with Crippen LogP contribution in [0, 0.1) is 6.92 Å². The van der Waals surface area contributed by atoms with Gasteiger partial charge in [0.1, 0.15) is 0 Å². The van der Waals surface area contributed by atoms with Crippen LogP contribution in [-0.2, 0) is 9.53 Å². The Labute approximate surface area is 98.6 Å². The highest BCUT2D eigenvalue weighted by Gasteiger charge is 2.06. The summed E-state index contributed by atoms with van der Waals surface area (Å²) in [4.78, 5) is 19.3. The van der Waals surface area contributed by atoms with Crippen molar-refractivity contribution in [1.82, 2.24) is 9.97 Å². The minimum Gasteiger partial charge on any atom is -0.466 e. The van der Waals surface area contributed by atoms with Crippen molar-refractivity contribution in [3.8, 4) is 5.88 Å². The number of hydrogen-bond acceptors (Lipinski definition) is 6. The van der Waals surface area contributed by atoms with Crippen molar-refractivity contribution in [2.24, 2.45) is 0 Å². The molecule has 0 unspecified atom stereocenters. The summed E-state index contributed by atoms with van der Waals surface area (Å²) in [6, 6.07) is 1.68. The number of rotatable bonds is 5. The number of hydrogen-bond donors (Lipinski definition) is 0. The quantitative estimate of drug-likeness (QED) is 0.442. The highest BCUT2D eigenvalue weighted by atomic mass is 32.2. The van der Waals surface area contributed by atoms with Crippen molar-refractivity contribution in [3.63, 3.8) is 0 Å². The standard InChI is InChI=1S/C10H14N2O3S/c1-4-16-10-11-7(2)5-8(12-10)15-6-9(13)14-3/h5H,4,6H2,1-3H3. The normalized spacial score (nSPS) is 9.94. The third-order valence-corrected chi connectivity index (χ3v) is 2.38. The van der Waals surface area contributed by atoms with Crippen LogP contribution in [-0.4, -0.2) is 35.4 Å². The van der Waals surface area contributed by atoms with Crippen molar-refractivity contribution in [2.75, 3.05) is 19.5 Å². The van der Waals surface area contributed by atoms with Crippen LogP contribution >= 0.6 is 11.8 Å². The minimum absolute atomic E-state index is 0.136. The van der Waals surface area contributed by atoms with E-state index in [0.29, 0.717) is 11.0 Å². The molecule has 0 saturated heterocycles. The Kier molecular flexibility index (Phi) is 5.04. The summed E-state index contributed by atoms with van der Waals surface area (Å²) in [5.74, 6) is 0.856. The molecule has 1 rings (SSSR count). The zero-order valence-electron chi connectivity index (χ0n) is 9.52. The van der Waals surface area contributed by atoms with Gasteiger partial charge in [0.05, 0.1) is 7.11 Å². The van der Waals surface area contributed by atoms with Gasteiger partial charge in [-0.25, -0.2) is 9.78 Å². The molecule has 16 heavy (non-hydrogen) atoms. The van der Waals surface area contributed by atoms with Gasteiger partial charge in [-0.3, -0.25) is 0 Å². The fourth-order valence-electron chi connectivity index (χ4n) is 0.973. The molecular weight excluding hydrogens is 228 g/mol. The monoisotopic (exact) mass is 242 g/mol. The smallest absolute Gasteiger partial charge is 0.343 e. The van der Waals surface area contributed by atoms with E-state index in [9.17, 15) is 4.79 Å². The Morgan fingerprint density at radius 2 is 2.25 bits per heavy atom. The summed E-state index contributed by atoms with van der Waals surface area (Å²) in [6.45, 7) is 3.74. The molecule has 0 aromatic carbocycles. The first kappa shape index (κ1) is 12.8. The SMILES string of the molecule is CCSc1nc(C)cc(OCC(=O)OC)n1. The largest absolute Gasteiger partial charge is 0.466 e. The Hall–Kier alpha value is -1.30. The number of aromatic nitrogens is 2. The van der Waals surface area contributed by atoms with Crippen LogP contribution in [0.1, 0.15) is 12.6 Å². The molecule has 0 bridgehead atoms. The molecule has 0 atom stereocenters. The lowest BCUT2D eigenvalue weighted by Crippen LogP contribution is -2.13. The summed E-state index contributed by atoms with van der Waals surface area (Å²) in [7, 11) is 1.31. The van der Waals surface area contributed by atoms with E-state index in [0.717, 1.165) is 11.4 Å². The molecule has 0 aliphatic carbocycles. The van der Waals surface area contributed by atoms with E-state index in [4.69, 9.17) is 4.74 Å². The van der Waals surface area contributed by atoms with Gasteiger partial charge in [0, 0.05) is 11.8 Å². The molecule has 1 aromatic heterocycles. The lowest BCUT2D eigenvalue weighted by molar-refractivity contribution is -0.143. The van der Waals surface area contributed by atoms with Gasteiger partial charge in [0.2, 0.25) is 5.88 Å². The molecule has 0 N–H and O–H groups in total. The summed E-state index contributed by atoms with van der Waals surface area (Å²) in [5, 5.41) is 0.655. The van der Waals surface area contributed by atoms with Crippen molar-refractivity contribution >= 4 is 17.7 Å². The van der Waals surface area contributed by atoms with E-state index >= 15 is 0 Å². The minimum atomic E-state index is -0.430. The van der Waals surface area contributed by atoms with Crippen molar-refractivity contribution in [2.45, 2.75) is 19.0 Å². The third-order valence-electron chi connectivity index (χ3n) is 1.65. The van der Waals surface area contributed by atoms with Crippen molar-refractivity contribution < 1.29 is 14.3 Å². The van der Waals surface area contributed by atoms with Gasteiger partial charge in [-0.15, -0.1) is 0 Å². The zero-order valence-corrected chi connectivity index (χ0v) is 10.3. The molecule has 1 aromatic rings. The maximum absolute atomic E-state index is 10.9. The Morgan fingerprint density at radius 3 is 2.88 bits per heavy atom. The lowest BCUT2D eigenvalue weighted by atomic mass is 10.4. The number of methoxy groups -OCH3 is 1. The maximum atomic E-state index is 10.9. The van der Waals surface area contributed by atoms with E-state index in [1.165, 1.54) is 18.9 Å². The van der Waals surface area contributed by atoms with E-state index in [2.05, 4.69) is 14.7 Å². The molecule has 5 nitrogen and oxygen atoms in total. The molecular formula is C10H14N2O3S. The first-order valence-corrected chi connectivity index (χ1v) is 5.82. The highest BCUT2D eigenvalue weighted by molar-refractivity contribution is 7.99. The van der Waals surface area contributed by atoms with E-state index in [-0.39, 0.29) is 6.61 Å². The van der Waals surface area contributed by atoms with Crippen LogP contribution in [0.5, 0.6) is 5.88 Å². The second-order valence-electron chi connectivity index (χ2n) is 2.93. The molecule has 0 aliphatic rings. The van der Waals surface area contributed by atoms with E-state index in [1.807, 2.05) is 13.8 Å². The van der Waals surface area contributed by atoms with Crippen LogP contribution in [0.3, 0.4) is 0 Å². The second-order valence-corrected chi connectivity index (χ2v) is 4.16. The average Bonchev–Trinajstić information content (AvgIpc) is 2.25. The number of carbonyl (C=O) groups excluding carboxylic acids is 1. The van der Waals surface area contributed by atoms with Crippen LogP contribution in [0.25, 0.3) is 0 Å². The summed E-state index contributed by atoms with van der Waals surface area (Å²) < 4.78 is 9.65. The van der Waals surface area contributed by atoms with Crippen LogP contribution in [0.2, 0.25) is 0 Å². The predicted molar refractivity (Wildman–Crippen MR) is 60.7 cm³/mol. The topological polar surface area (TPSA) is 61.3 Å². The van der Waals surface area contributed by atoms with Gasteiger partial charge in [0.15, 0.2) is 11.8 Å². The molecule has 0 radical (unpaired) electrons. The number of thioether (sulfide) groups is 1. The number of ether oxygens (including phenoxy) is 2. The van der Waals surface area contributed by atoms with Crippen molar-refractivity contribution in [3.05, 3.63) is 11.8 Å². The number of nitrogens with zero attached hydrogens (tertiary/aromatic N) is 2. The number of esters is 1. The predicted octanol–water partition coefficient (Wildman–Crippen LogP) is 1.45. The molecule has 0 saturated carbocycles. The zero-order chi connectivity index (χ0) is 12.0. The van der Waals surface area contributed by atoms with Gasteiger partial charge >= 0.3 is 5.97 Å². The van der Waals surface area contributed by atoms with Gasteiger partial charge in [0.25, 0.3) is 0 Å². The molecule has 6 heteroatoms. The Balaban J connectivity index is 2.68. The summed E-state index contributed by atoms with van der Waals surface area (Å²) in [6.07, 6.45) is 0. The maximum Gasteiger partial charge on any atom is 0.343 e. The summed E-state index contributed by atoms with van der Waals surface area (Å²) in [5.41, 5.74) is 0.811. The number of carbonyl (C=O) groups is 1. The first-order valence-electron chi connectivity index (χ1n) is 4.83. The molecule has 1 heterocycles. The molecule has 0 fully saturated rings. The second kappa shape index (κ2) is 6.32. The van der Waals surface area contributed by atoms with Crippen LogP contribution in [0.4, 0.5) is 0 Å². The average molecular weight is 242 g/mol. The molecule has 0 amide bonds. The van der Waals surface area contributed by atoms with Gasteiger partial charge in [-0.2, -0.15) is 4.98 Å². The van der Waals surface area contributed by atoms with Gasteiger partial charge in [-0.05, 0) is 12.7 Å². The fourth-order valence-corrected chi connectivity index (χ4v) is 1.59. The Bertz CT molecular complexity index is 371. The molecule has 0 spiro atoms. The third kappa shape index (κ3) is 4.06. The number of aryl methyl sites for hydroxylation is 1. The Morgan fingerprint density at radius 1 is 1.50 bits per heavy atom. The van der Waals surface area contributed by atoms with E-state index in [1.54, 1.807) is 6.07 Å². The highest BCUT2D eigenvalue weighted by Crippen LogP contribution is 2.17. The van der Waals surface area contributed by atoms with Crippen molar-refractivity contribution in [1.29, 1.82) is 0 Å². The lowest BCUT2D eigenvalue weighted by Gasteiger charge is -2.06. The van der Waals surface area contributed by atoms with E-state index < -0.39 is 5.97 Å². The first-order chi connectivity index (χ1) is 7.65.